The summed E-state index contributed by atoms with van der Waals surface area (Å²) in [6.07, 6.45) is 0. The number of sulfonamides is 1. The molecule has 0 aliphatic rings. The van der Waals surface area contributed by atoms with E-state index in [1.807, 2.05) is 0 Å². The van der Waals surface area contributed by atoms with Crippen molar-refractivity contribution in [3.8, 4) is 5.75 Å². The minimum atomic E-state index is -3.90. The lowest BCUT2D eigenvalue weighted by Gasteiger charge is -2.37. The van der Waals surface area contributed by atoms with E-state index in [1.165, 1.54) is 27.0 Å². The van der Waals surface area contributed by atoms with Gasteiger partial charge in [-0.25, -0.2) is 13.1 Å². The summed E-state index contributed by atoms with van der Waals surface area (Å²) < 4.78 is 32.8. The van der Waals surface area contributed by atoms with Crippen LogP contribution in [0.25, 0.3) is 0 Å². The van der Waals surface area contributed by atoms with Crippen LogP contribution in [-0.2, 0) is 10.0 Å². The highest BCUT2D eigenvalue weighted by atomic mass is 32.2. The maximum absolute atomic E-state index is 12.6. The van der Waals surface area contributed by atoms with Crippen molar-refractivity contribution >= 4 is 15.7 Å². The van der Waals surface area contributed by atoms with Gasteiger partial charge < -0.3 is 15.6 Å². The van der Waals surface area contributed by atoms with E-state index in [0.29, 0.717) is 5.69 Å². The second-order valence-electron chi connectivity index (χ2n) is 6.15. The van der Waals surface area contributed by atoms with Crippen LogP contribution in [0.1, 0.15) is 33.3 Å². The first-order chi connectivity index (χ1) is 9.32. The van der Waals surface area contributed by atoms with Crippen molar-refractivity contribution in [3.63, 3.8) is 0 Å². The van der Waals surface area contributed by atoms with Gasteiger partial charge in [-0.15, -0.1) is 0 Å². The largest absolute Gasteiger partial charge is 0.495 e. The van der Waals surface area contributed by atoms with E-state index in [-0.39, 0.29) is 10.6 Å². The third-order valence-corrected chi connectivity index (χ3v) is 5.44. The Bertz CT molecular complexity index is 631. The standard InChI is InChI=1S/C14H24N2O4S/c1-9-7-11(20-6)12(8-10(9)15)21(18,19)16-13(2,3)14(4,5)17/h7-8,16-17H,15H2,1-6H3. The Morgan fingerprint density at radius 1 is 1.24 bits per heavy atom. The molecule has 21 heavy (non-hydrogen) atoms. The first-order valence-corrected chi connectivity index (χ1v) is 8.00. The fraction of sp³-hybridized carbons (Fsp3) is 0.571. The van der Waals surface area contributed by atoms with Crippen LogP contribution in [0.2, 0.25) is 0 Å². The van der Waals surface area contributed by atoms with Crippen molar-refractivity contribution < 1.29 is 18.3 Å². The summed E-state index contributed by atoms with van der Waals surface area (Å²) in [6, 6.07) is 2.93. The number of aliphatic hydroxyl groups is 1. The van der Waals surface area contributed by atoms with Crippen LogP contribution in [0.3, 0.4) is 0 Å². The number of hydrogen-bond donors (Lipinski definition) is 3. The smallest absolute Gasteiger partial charge is 0.244 e. The molecule has 7 heteroatoms. The number of rotatable bonds is 5. The van der Waals surface area contributed by atoms with Gasteiger partial charge in [0.1, 0.15) is 10.6 Å². The number of ether oxygens (including phenoxy) is 1. The van der Waals surface area contributed by atoms with Crippen LogP contribution in [-0.4, -0.2) is 31.8 Å². The quantitative estimate of drug-likeness (QED) is 0.713. The summed E-state index contributed by atoms with van der Waals surface area (Å²) in [5.41, 5.74) is 4.56. The fourth-order valence-corrected chi connectivity index (χ4v) is 3.28. The molecule has 0 aliphatic heterocycles. The van der Waals surface area contributed by atoms with Gasteiger partial charge in [-0.1, -0.05) is 0 Å². The number of hydrogen-bond acceptors (Lipinski definition) is 5. The maximum Gasteiger partial charge on any atom is 0.244 e. The topological polar surface area (TPSA) is 102 Å². The minimum absolute atomic E-state index is 0.0505. The predicted molar refractivity (Wildman–Crippen MR) is 82.8 cm³/mol. The highest BCUT2D eigenvalue weighted by Gasteiger charge is 2.39. The molecule has 0 heterocycles. The molecule has 0 saturated carbocycles. The number of nitrogens with one attached hydrogen (secondary N) is 1. The van der Waals surface area contributed by atoms with E-state index in [1.54, 1.807) is 26.8 Å². The Hall–Kier alpha value is -1.31. The Balaban J connectivity index is 3.36. The monoisotopic (exact) mass is 316 g/mol. The van der Waals surface area contributed by atoms with E-state index < -0.39 is 21.2 Å². The first kappa shape index (κ1) is 17.7. The zero-order valence-corrected chi connectivity index (χ0v) is 14.1. The second-order valence-corrected chi connectivity index (χ2v) is 7.80. The van der Waals surface area contributed by atoms with Crippen molar-refractivity contribution in [1.29, 1.82) is 0 Å². The van der Waals surface area contributed by atoms with Gasteiger partial charge >= 0.3 is 0 Å². The van der Waals surface area contributed by atoms with Crippen LogP contribution in [0.15, 0.2) is 17.0 Å². The number of anilines is 1. The summed E-state index contributed by atoms with van der Waals surface area (Å²) in [5.74, 6) is 0.209. The van der Waals surface area contributed by atoms with Crippen LogP contribution in [0, 0.1) is 6.92 Å². The molecule has 0 saturated heterocycles. The van der Waals surface area contributed by atoms with Gasteiger partial charge in [0.15, 0.2) is 0 Å². The molecule has 120 valence electrons. The molecule has 0 amide bonds. The molecule has 1 aromatic rings. The molecule has 1 aromatic carbocycles. The molecule has 0 aliphatic carbocycles. The summed E-state index contributed by atoms with van der Waals surface area (Å²) in [6.45, 7) is 8.05. The van der Waals surface area contributed by atoms with Gasteiger partial charge in [0.2, 0.25) is 10.0 Å². The predicted octanol–water partition coefficient (Wildman–Crippen LogP) is 1.41. The number of aryl methyl sites for hydroxylation is 1. The van der Waals surface area contributed by atoms with E-state index in [9.17, 15) is 13.5 Å². The molecule has 0 aromatic heterocycles. The van der Waals surface area contributed by atoms with Gasteiger partial charge in [0.05, 0.1) is 18.2 Å². The highest BCUT2D eigenvalue weighted by Crippen LogP contribution is 2.31. The van der Waals surface area contributed by atoms with E-state index >= 15 is 0 Å². The minimum Gasteiger partial charge on any atom is -0.495 e. The average molecular weight is 316 g/mol. The Morgan fingerprint density at radius 3 is 2.19 bits per heavy atom. The lowest BCUT2D eigenvalue weighted by Crippen LogP contribution is -2.57. The Labute approximate surface area is 126 Å². The van der Waals surface area contributed by atoms with E-state index in [4.69, 9.17) is 10.5 Å². The second kappa shape index (κ2) is 5.47. The summed E-state index contributed by atoms with van der Waals surface area (Å²) in [5, 5.41) is 10.1. The third-order valence-electron chi connectivity index (χ3n) is 3.76. The van der Waals surface area contributed by atoms with E-state index in [2.05, 4.69) is 4.72 Å². The molecule has 0 radical (unpaired) electrons. The fourth-order valence-electron chi connectivity index (χ4n) is 1.56. The molecule has 0 bridgehead atoms. The highest BCUT2D eigenvalue weighted by molar-refractivity contribution is 7.89. The molecule has 4 N–H and O–H groups in total. The van der Waals surface area contributed by atoms with Gasteiger partial charge in [0.25, 0.3) is 0 Å². The number of nitrogens with two attached hydrogens (primary N) is 1. The molecule has 0 fully saturated rings. The molecule has 6 nitrogen and oxygen atoms in total. The number of nitrogen functional groups attached to an aromatic ring is 1. The van der Waals surface area contributed by atoms with Crippen LogP contribution in [0.4, 0.5) is 5.69 Å². The van der Waals surface area contributed by atoms with Crippen LogP contribution in [0.5, 0.6) is 5.75 Å². The van der Waals surface area contributed by atoms with Crippen molar-refractivity contribution in [2.24, 2.45) is 0 Å². The van der Waals surface area contributed by atoms with Crippen LogP contribution < -0.4 is 15.2 Å². The van der Waals surface area contributed by atoms with Gasteiger partial charge in [-0.05, 0) is 52.3 Å². The lowest BCUT2D eigenvalue weighted by molar-refractivity contribution is 0.00637. The maximum atomic E-state index is 12.6. The summed E-state index contributed by atoms with van der Waals surface area (Å²) in [7, 11) is -2.50. The molecule has 0 atom stereocenters. The molecule has 1 rings (SSSR count). The van der Waals surface area contributed by atoms with Gasteiger partial charge in [0, 0.05) is 5.69 Å². The molecule has 0 spiro atoms. The Kier molecular flexibility index (Phi) is 4.62. The SMILES string of the molecule is COc1cc(C)c(N)cc1S(=O)(=O)NC(C)(C)C(C)(C)O. The Morgan fingerprint density at radius 2 is 1.76 bits per heavy atom. The average Bonchev–Trinajstić information content (AvgIpc) is 2.29. The summed E-state index contributed by atoms with van der Waals surface area (Å²) in [4.78, 5) is -0.0505. The van der Waals surface area contributed by atoms with E-state index in [0.717, 1.165) is 5.56 Å². The molecular weight excluding hydrogens is 292 g/mol. The van der Waals surface area contributed by atoms with Crippen molar-refractivity contribution in [1.82, 2.24) is 4.72 Å². The third kappa shape index (κ3) is 3.66. The van der Waals surface area contributed by atoms with Crippen molar-refractivity contribution in [2.45, 2.75) is 50.7 Å². The zero-order chi connectivity index (χ0) is 16.6. The summed E-state index contributed by atoms with van der Waals surface area (Å²) >= 11 is 0. The van der Waals surface area contributed by atoms with Gasteiger partial charge in [-0.2, -0.15) is 0 Å². The number of methoxy groups -OCH3 is 1. The van der Waals surface area contributed by atoms with Gasteiger partial charge in [-0.3, -0.25) is 0 Å². The lowest BCUT2D eigenvalue weighted by atomic mass is 9.87. The molecule has 0 unspecified atom stereocenters. The van der Waals surface area contributed by atoms with Crippen molar-refractivity contribution in [3.05, 3.63) is 17.7 Å². The first-order valence-electron chi connectivity index (χ1n) is 6.52. The normalized spacial score (nSPS) is 13.3. The zero-order valence-electron chi connectivity index (χ0n) is 13.3. The molecular formula is C14H24N2O4S. The number of benzene rings is 1. The van der Waals surface area contributed by atoms with Crippen LogP contribution >= 0.6 is 0 Å². The van der Waals surface area contributed by atoms with Crippen molar-refractivity contribution in [2.75, 3.05) is 12.8 Å².